The Bertz CT molecular complexity index is 622. The highest BCUT2D eigenvalue weighted by Gasteiger charge is 2.20. The Labute approximate surface area is 156 Å². The number of carbonyl (C=O) groups is 2. The zero-order valence-corrected chi connectivity index (χ0v) is 16.5. The molecule has 2 N–H and O–H groups in total. The quantitative estimate of drug-likeness (QED) is 0.700. The van der Waals surface area contributed by atoms with Gasteiger partial charge in [-0.25, -0.2) is 0 Å². The number of benzene rings is 1. The van der Waals surface area contributed by atoms with Crippen LogP contribution in [0, 0.1) is 5.92 Å². The SMILES string of the molecule is CC(C)C(=O)Nc1ccc(N2CCCC2)c(C(=O)NCCCN(C)C)c1. The molecule has 0 atom stereocenters. The van der Waals surface area contributed by atoms with Crippen molar-refractivity contribution in [3.8, 4) is 0 Å². The first-order chi connectivity index (χ1) is 12.4. The van der Waals surface area contributed by atoms with E-state index in [1.165, 1.54) is 0 Å². The molecule has 144 valence electrons. The third kappa shape index (κ3) is 5.73. The molecule has 0 bridgehead atoms. The van der Waals surface area contributed by atoms with Crippen LogP contribution in [0.5, 0.6) is 0 Å². The lowest BCUT2D eigenvalue weighted by Gasteiger charge is -2.22. The summed E-state index contributed by atoms with van der Waals surface area (Å²) in [4.78, 5) is 29.1. The first-order valence-electron chi connectivity index (χ1n) is 9.51. The van der Waals surface area contributed by atoms with Gasteiger partial charge in [-0.2, -0.15) is 0 Å². The second-order valence-electron chi connectivity index (χ2n) is 7.48. The fraction of sp³-hybridized carbons (Fsp3) is 0.600. The van der Waals surface area contributed by atoms with Crippen molar-refractivity contribution < 1.29 is 9.59 Å². The molecule has 26 heavy (non-hydrogen) atoms. The average Bonchev–Trinajstić information content (AvgIpc) is 3.12. The van der Waals surface area contributed by atoms with Gasteiger partial charge in [0, 0.05) is 36.9 Å². The minimum atomic E-state index is -0.100. The Morgan fingerprint density at radius 3 is 2.50 bits per heavy atom. The molecule has 0 spiro atoms. The van der Waals surface area contributed by atoms with Crippen LogP contribution in [0.4, 0.5) is 11.4 Å². The van der Waals surface area contributed by atoms with Gasteiger partial charge in [-0.05, 0) is 58.1 Å². The fourth-order valence-electron chi connectivity index (χ4n) is 3.01. The van der Waals surface area contributed by atoms with Crippen LogP contribution < -0.4 is 15.5 Å². The molecule has 0 saturated carbocycles. The summed E-state index contributed by atoms with van der Waals surface area (Å²) < 4.78 is 0. The molecule has 0 radical (unpaired) electrons. The number of rotatable bonds is 8. The van der Waals surface area contributed by atoms with Crippen LogP contribution in [0.3, 0.4) is 0 Å². The topological polar surface area (TPSA) is 64.7 Å². The van der Waals surface area contributed by atoms with Gasteiger partial charge in [-0.1, -0.05) is 13.8 Å². The Morgan fingerprint density at radius 2 is 1.88 bits per heavy atom. The van der Waals surface area contributed by atoms with Crippen LogP contribution >= 0.6 is 0 Å². The average molecular weight is 361 g/mol. The van der Waals surface area contributed by atoms with Crippen LogP contribution in [0.25, 0.3) is 0 Å². The van der Waals surface area contributed by atoms with Gasteiger partial charge in [0.2, 0.25) is 5.91 Å². The number of hydrogen-bond donors (Lipinski definition) is 2. The lowest BCUT2D eigenvalue weighted by atomic mass is 10.1. The summed E-state index contributed by atoms with van der Waals surface area (Å²) in [5, 5.41) is 5.91. The summed E-state index contributed by atoms with van der Waals surface area (Å²) in [6.45, 7) is 7.22. The molecule has 6 nitrogen and oxygen atoms in total. The predicted molar refractivity (Wildman–Crippen MR) is 107 cm³/mol. The molecular formula is C20H32N4O2. The molecule has 0 unspecified atom stereocenters. The number of amides is 2. The molecule has 2 rings (SSSR count). The first-order valence-corrected chi connectivity index (χ1v) is 9.51. The van der Waals surface area contributed by atoms with Crippen LogP contribution in [-0.4, -0.2) is 57.0 Å². The number of nitrogens with one attached hydrogen (secondary N) is 2. The minimum Gasteiger partial charge on any atom is -0.371 e. The van der Waals surface area contributed by atoms with E-state index in [-0.39, 0.29) is 17.7 Å². The molecule has 1 aliphatic rings. The normalized spacial score (nSPS) is 14.2. The van der Waals surface area contributed by atoms with E-state index in [4.69, 9.17) is 0 Å². The second kappa shape index (κ2) is 9.57. The van der Waals surface area contributed by atoms with E-state index in [2.05, 4.69) is 20.4 Å². The summed E-state index contributed by atoms with van der Waals surface area (Å²) >= 11 is 0. The van der Waals surface area contributed by atoms with Crippen molar-refractivity contribution in [1.82, 2.24) is 10.2 Å². The van der Waals surface area contributed by atoms with Gasteiger partial charge in [0.1, 0.15) is 0 Å². The number of hydrogen-bond acceptors (Lipinski definition) is 4. The highest BCUT2D eigenvalue weighted by atomic mass is 16.2. The van der Waals surface area contributed by atoms with E-state index in [1.807, 2.05) is 40.1 Å². The van der Waals surface area contributed by atoms with Crippen LogP contribution in [0.15, 0.2) is 18.2 Å². The Morgan fingerprint density at radius 1 is 1.19 bits per heavy atom. The van der Waals surface area contributed by atoms with Crippen LogP contribution in [0.1, 0.15) is 43.5 Å². The van der Waals surface area contributed by atoms with E-state index >= 15 is 0 Å². The second-order valence-corrected chi connectivity index (χ2v) is 7.48. The van der Waals surface area contributed by atoms with Crippen molar-refractivity contribution in [2.45, 2.75) is 33.1 Å². The van der Waals surface area contributed by atoms with Gasteiger partial charge in [0.25, 0.3) is 5.91 Å². The molecule has 1 aromatic carbocycles. The maximum atomic E-state index is 12.8. The van der Waals surface area contributed by atoms with Gasteiger partial charge >= 0.3 is 0 Å². The van der Waals surface area contributed by atoms with E-state index < -0.39 is 0 Å². The van der Waals surface area contributed by atoms with Gasteiger partial charge in [0.05, 0.1) is 5.56 Å². The molecule has 1 aliphatic heterocycles. The van der Waals surface area contributed by atoms with Crippen molar-refractivity contribution in [3.05, 3.63) is 23.8 Å². The lowest BCUT2D eigenvalue weighted by molar-refractivity contribution is -0.118. The van der Waals surface area contributed by atoms with E-state index in [0.29, 0.717) is 17.8 Å². The summed E-state index contributed by atoms with van der Waals surface area (Å²) in [5.74, 6) is -0.223. The summed E-state index contributed by atoms with van der Waals surface area (Å²) in [6.07, 6.45) is 3.20. The van der Waals surface area contributed by atoms with Gasteiger partial charge in [-0.15, -0.1) is 0 Å². The molecule has 2 amide bonds. The van der Waals surface area contributed by atoms with Gasteiger partial charge in [0.15, 0.2) is 0 Å². The number of nitrogens with zero attached hydrogens (tertiary/aromatic N) is 2. The predicted octanol–water partition coefficient (Wildman–Crippen LogP) is 2.56. The van der Waals surface area contributed by atoms with Crippen molar-refractivity contribution in [2.24, 2.45) is 5.92 Å². The minimum absolute atomic E-state index is 0.0451. The van der Waals surface area contributed by atoms with Crippen LogP contribution in [0.2, 0.25) is 0 Å². The van der Waals surface area contributed by atoms with Gasteiger partial charge in [-0.3, -0.25) is 9.59 Å². The molecule has 1 aromatic rings. The Kier molecular flexibility index (Phi) is 7.45. The van der Waals surface area contributed by atoms with Crippen molar-refractivity contribution in [1.29, 1.82) is 0 Å². The molecule has 1 fully saturated rings. The van der Waals surface area contributed by atoms with Crippen LogP contribution in [-0.2, 0) is 4.79 Å². The fourth-order valence-corrected chi connectivity index (χ4v) is 3.01. The van der Waals surface area contributed by atoms with E-state index in [1.54, 1.807) is 6.07 Å². The Hall–Kier alpha value is -2.08. The van der Waals surface area contributed by atoms with Gasteiger partial charge < -0.3 is 20.4 Å². The monoisotopic (exact) mass is 360 g/mol. The maximum absolute atomic E-state index is 12.8. The van der Waals surface area contributed by atoms with E-state index in [9.17, 15) is 9.59 Å². The molecule has 6 heteroatoms. The number of carbonyl (C=O) groups excluding carboxylic acids is 2. The zero-order chi connectivity index (χ0) is 19.1. The summed E-state index contributed by atoms with van der Waals surface area (Å²) in [5.41, 5.74) is 2.26. The van der Waals surface area contributed by atoms with Crippen molar-refractivity contribution in [2.75, 3.05) is 50.5 Å². The lowest BCUT2D eigenvalue weighted by Crippen LogP contribution is -2.30. The first kappa shape index (κ1) is 20.2. The zero-order valence-electron chi connectivity index (χ0n) is 16.5. The third-order valence-electron chi connectivity index (χ3n) is 4.55. The molecular weight excluding hydrogens is 328 g/mol. The standard InChI is InChI=1S/C20H32N4O2/c1-15(2)19(25)22-16-8-9-18(24-12-5-6-13-24)17(14-16)20(26)21-10-7-11-23(3)4/h8-9,14-15H,5-7,10-13H2,1-4H3,(H,21,26)(H,22,25). The summed E-state index contributed by atoms with van der Waals surface area (Å²) in [6, 6.07) is 5.64. The smallest absolute Gasteiger partial charge is 0.253 e. The summed E-state index contributed by atoms with van der Waals surface area (Å²) in [7, 11) is 4.04. The molecule has 0 aliphatic carbocycles. The third-order valence-corrected chi connectivity index (χ3v) is 4.55. The Balaban J connectivity index is 2.15. The largest absolute Gasteiger partial charge is 0.371 e. The maximum Gasteiger partial charge on any atom is 0.253 e. The molecule has 1 saturated heterocycles. The number of anilines is 2. The highest BCUT2D eigenvalue weighted by molar-refractivity contribution is 6.02. The van der Waals surface area contributed by atoms with E-state index in [0.717, 1.165) is 44.6 Å². The van der Waals surface area contributed by atoms with Crippen molar-refractivity contribution in [3.63, 3.8) is 0 Å². The molecule has 0 aromatic heterocycles. The highest BCUT2D eigenvalue weighted by Crippen LogP contribution is 2.27. The molecule has 1 heterocycles. The van der Waals surface area contributed by atoms with Crippen molar-refractivity contribution >= 4 is 23.2 Å².